The Balaban J connectivity index is 1.50. The third-order valence-electron chi connectivity index (χ3n) is 4.55. The molecule has 0 radical (unpaired) electrons. The molecule has 0 spiro atoms. The van der Waals surface area contributed by atoms with Gasteiger partial charge in [-0.25, -0.2) is 9.50 Å². The van der Waals surface area contributed by atoms with Crippen LogP contribution in [0.25, 0.3) is 27.9 Å². The van der Waals surface area contributed by atoms with Crippen LogP contribution in [0.5, 0.6) is 5.75 Å². The highest BCUT2D eigenvalue weighted by Crippen LogP contribution is 2.26. The summed E-state index contributed by atoms with van der Waals surface area (Å²) < 4.78 is 7.62. The fourth-order valence-corrected chi connectivity index (χ4v) is 3.07. The van der Waals surface area contributed by atoms with Crippen LogP contribution in [0.3, 0.4) is 0 Å². The summed E-state index contributed by atoms with van der Waals surface area (Å²) in [6.07, 6.45) is 10.3. The van der Waals surface area contributed by atoms with Crippen LogP contribution >= 0.6 is 0 Å². The molecule has 0 saturated carbocycles. The summed E-state index contributed by atoms with van der Waals surface area (Å²) in [5, 5.41) is 4.47. The molecule has 28 heavy (non-hydrogen) atoms. The van der Waals surface area contributed by atoms with E-state index in [0.717, 1.165) is 53.2 Å². The first kappa shape index (κ1) is 18.1. The molecule has 6 nitrogen and oxygen atoms in total. The Kier molecular flexibility index (Phi) is 5.30. The number of nitrogens with zero attached hydrogens (tertiary/aromatic N) is 5. The number of benzene rings is 1. The van der Waals surface area contributed by atoms with E-state index in [0.29, 0.717) is 0 Å². The largest absolute Gasteiger partial charge is 0.494 e. The van der Waals surface area contributed by atoms with Crippen molar-refractivity contribution in [3.05, 3.63) is 67.4 Å². The highest BCUT2D eigenvalue weighted by molar-refractivity contribution is 5.77. The first-order valence-corrected chi connectivity index (χ1v) is 9.32. The lowest BCUT2D eigenvalue weighted by Gasteiger charge is -2.10. The zero-order valence-corrected chi connectivity index (χ0v) is 16.1. The normalized spacial score (nSPS) is 11.2. The molecule has 0 saturated heterocycles. The molecule has 4 aromatic rings. The topological polar surface area (TPSA) is 55.5 Å². The summed E-state index contributed by atoms with van der Waals surface area (Å²) in [4.78, 5) is 10.9. The fourth-order valence-electron chi connectivity index (χ4n) is 3.07. The van der Waals surface area contributed by atoms with E-state index in [-0.39, 0.29) is 0 Å². The van der Waals surface area contributed by atoms with Gasteiger partial charge in [-0.3, -0.25) is 4.98 Å². The van der Waals surface area contributed by atoms with E-state index in [1.807, 2.05) is 47.4 Å². The number of hydrogen-bond donors (Lipinski definition) is 0. The van der Waals surface area contributed by atoms with Gasteiger partial charge in [0.15, 0.2) is 5.65 Å². The SMILES string of the molecule is CN(C)CCCOc1ccc(-c2cnc3c(-c4ccncc4)cnn3c2)cc1. The van der Waals surface area contributed by atoms with Gasteiger partial charge in [-0.1, -0.05) is 12.1 Å². The third kappa shape index (κ3) is 4.02. The Bertz CT molecular complexity index is 1040. The molecule has 0 unspecified atom stereocenters. The second kappa shape index (κ2) is 8.19. The van der Waals surface area contributed by atoms with Crippen LogP contribution in [-0.4, -0.2) is 51.7 Å². The van der Waals surface area contributed by atoms with Gasteiger partial charge in [0.05, 0.1) is 12.8 Å². The summed E-state index contributed by atoms with van der Waals surface area (Å²) in [5.41, 5.74) is 4.97. The lowest BCUT2D eigenvalue weighted by molar-refractivity contribution is 0.281. The highest BCUT2D eigenvalue weighted by Gasteiger charge is 2.09. The molecule has 0 aliphatic heterocycles. The van der Waals surface area contributed by atoms with E-state index in [1.54, 1.807) is 12.4 Å². The maximum atomic E-state index is 5.80. The maximum Gasteiger partial charge on any atom is 0.162 e. The molecular weight excluding hydrogens is 350 g/mol. The minimum atomic E-state index is 0.718. The van der Waals surface area contributed by atoms with Gasteiger partial charge in [0, 0.05) is 42.5 Å². The molecule has 3 aromatic heterocycles. The second-order valence-electron chi connectivity index (χ2n) is 6.93. The minimum absolute atomic E-state index is 0.718. The van der Waals surface area contributed by atoms with Gasteiger partial charge in [0.25, 0.3) is 0 Å². The maximum absolute atomic E-state index is 5.80. The standard InChI is InChI=1S/C22H23N5O/c1-26(2)12-3-13-28-20-6-4-17(5-7-20)19-14-24-22-21(15-25-27(22)16-19)18-8-10-23-11-9-18/h4-11,14-16H,3,12-13H2,1-2H3. The van der Waals surface area contributed by atoms with Crippen LogP contribution in [0, 0.1) is 0 Å². The zero-order chi connectivity index (χ0) is 19.3. The van der Waals surface area contributed by atoms with Crippen molar-refractivity contribution >= 4 is 5.65 Å². The van der Waals surface area contributed by atoms with E-state index in [9.17, 15) is 0 Å². The number of fused-ring (bicyclic) bond motifs is 1. The second-order valence-corrected chi connectivity index (χ2v) is 6.93. The Morgan fingerprint density at radius 2 is 1.71 bits per heavy atom. The lowest BCUT2D eigenvalue weighted by atomic mass is 10.1. The van der Waals surface area contributed by atoms with Gasteiger partial charge < -0.3 is 9.64 Å². The minimum Gasteiger partial charge on any atom is -0.494 e. The van der Waals surface area contributed by atoms with Crippen molar-refractivity contribution in [2.24, 2.45) is 0 Å². The van der Waals surface area contributed by atoms with Crippen LogP contribution in [0.15, 0.2) is 67.4 Å². The van der Waals surface area contributed by atoms with Gasteiger partial charge in [0.2, 0.25) is 0 Å². The van der Waals surface area contributed by atoms with E-state index in [1.165, 1.54) is 0 Å². The molecule has 3 heterocycles. The lowest BCUT2D eigenvalue weighted by Crippen LogP contribution is -2.15. The molecule has 0 atom stereocenters. The predicted octanol–water partition coefficient (Wildman–Crippen LogP) is 3.79. The summed E-state index contributed by atoms with van der Waals surface area (Å²) in [6, 6.07) is 12.0. The van der Waals surface area contributed by atoms with Crippen molar-refractivity contribution in [2.75, 3.05) is 27.2 Å². The van der Waals surface area contributed by atoms with Crippen molar-refractivity contribution in [3.8, 4) is 28.0 Å². The number of hydrogen-bond acceptors (Lipinski definition) is 5. The number of ether oxygens (including phenoxy) is 1. The Hall–Kier alpha value is -3.25. The summed E-state index contributed by atoms with van der Waals surface area (Å²) in [6.45, 7) is 1.74. The number of pyridine rings is 1. The van der Waals surface area contributed by atoms with Crippen LogP contribution in [0.1, 0.15) is 6.42 Å². The molecule has 0 aliphatic rings. The van der Waals surface area contributed by atoms with Crippen LogP contribution < -0.4 is 4.74 Å². The smallest absolute Gasteiger partial charge is 0.162 e. The van der Waals surface area contributed by atoms with Gasteiger partial charge in [-0.05, 0) is 55.9 Å². The molecule has 0 aliphatic carbocycles. The Labute approximate surface area is 164 Å². The highest BCUT2D eigenvalue weighted by atomic mass is 16.5. The molecule has 0 amide bonds. The Morgan fingerprint density at radius 1 is 0.929 bits per heavy atom. The van der Waals surface area contributed by atoms with Crippen molar-refractivity contribution in [1.29, 1.82) is 0 Å². The van der Waals surface area contributed by atoms with Gasteiger partial charge >= 0.3 is 0 Å². The molecule has 142 valence electrons. The monoisotopic (exact) mass is 373 g/mol. The quantitative estimate of drug-likeness (QED) is 0.461. The predicted molar refractivity (Wildman–Crippen MR) is 110 cm³/mol. The molecule has 0 N–H and O–H groups in total. The number of rotatable bonds is 7. The van der Waals surface area contributed by atoms with E-state index < -0.39 is 0 Å². The molecule has 0 fully saturated rings. The van der Waals surface area contributed by atoms with Crippen LogP contribution in [0.4, 0.5) is 0 Å². The first-order valence-electron chi connectivity index (χ1n) is 9.32. The fraction of sp³-hybridized carbons (Fsp3) is 0.227. The molecular formula is C22H23N5O. The van der Waals surface area contributed by atoms with E-state index >= 15 is 0 Å². The summed E-state index contributed by atoms with van der Waals surface area (Å²) >= 11 is 0. The number of aromatic nitrogens is 4. The third-order valence-corrected chi connectivity index (χ3v) is 4.55. The molecule has 0 bridgehead atoms. The van der Waals surface area contributed by atoms with Crippen molar-refractivity contribution in [1.82, 2.24) is 24.5 Å². The first-order chi connectivity index (χ1) is 13.7. The average Bonchev–Trinajstić information content (AvgIpc) is 3.15. The van der Waals surface area contributed by atoms with Crippen molar-refractivity contribution < 1.29 is 4.74 Å². The van der Waals surface area contributed by atoms with Crippen LogP contribution in [-0.2, 0) is 0 Å². The molecule has 1 aromatic carbocycles. The van der Waals surface area contributed by atoms with Gasteiger partial charge in [-0.2, -0.15) is 5.10 Å². The van der Waals surface area contributed by atoms with Gasteiger partial charge in [0.1, 0.15) is 5.75 Å². The average molecular weight is 373 g/mol. The zero-order valence-electron chi connectivity index (χ0n) is 16.1. The van der Waals surface area contributed by atoms with Crippen molar-refractivity contribution in [3.63, 3.8) is 0 Å². The summed E-state index contributed by atoms with van der Waals surface area (Å²) in [5.74, 6) is 0.885. The molecule has 4 rings (SSSR count). The Morgan fingerprint density at radius 3 is 2.46 bits per heavy atom. The van der Waals surface area contributed by atoms with E-state index in [2.05, 4.69) is 46.2 Å². The summed E-state index contributed by atoms with van der Waals surface area (Å²) in [7, 11) is 4.14. The molecule has 6 heteroatoms. The van der Waals surface area contributed by atoms with Gasteiger partial charge in [-0.15, -0.1) is 0 Å². The van der Waals surface area contributed by atoms with Crippen LogP contribution in [0.2, 0.25) is 0 Å². The van der Waals surface area contributed by atoms with E-state index in [4.69, 9.17) is 4.74 Å². The van der Waals surface area contributed by atoms with Crippen molar-refractivity contribution in [2.45, 2.75) is 6.42 Å².